The number of aromatic nitrogens is 2. The first-order valence-corrected chi connectivity index (χ1v) is 10.5. The first-order valence-electron chi connectivity index (χ1n) is 9.60. The first-order chi connectivity index (χ1) is 14.2. The second-order valence-corrected chi connectivity index (χ2v) is 7.77. The smallest absolute Gasteiger partial charge is 0.387 e. The molecule has 1 aliphatic rings. The van der Waals surface area contributed by atoms with Gasteiger partial charge in [0.1, 0.15) is 6.54 Å². The molecule has 4 rings (SSSR count). The zero-order valence-electron chi connectivity index (χ0n) is 16.0. The maximum Gasteiger partial charge on any atom is 0.437 e. The van der Waals surface area contributed by atoms with Crippen molar-refractivity contribution >= 4 is 22.9 Å². The van der Waals surface area contributed by atoms with Crippen LogP contribution in [0.2, 0.25) is 0 Å². The molecule has 3 aromatic rings. The third-order valence-corrected chi connectivity index (χ3v) is 5.73. The monoisotopic (exact) mass is 413 g/mol. The van der Waals surface area contributed by atoms with Crippen LogP contribution in [0.15, 0.2) is 57.1 Å². The van der Waals surface area contributed by atoms with Crippen LogP contribution in [0.25, 0.3) is 10.8 Å². The summed E-state index contributed by atoms with van der Waals surface area (Å²) in [5.74, 6) is -0.629. The van der Waals surface area contributed by atoms with Crippen molar-refractivity contribution in [1.82, 2.24) is 20.0 Å². The van der Waals surface area contributed by atoms with Gasteiger partial charge in [-0.2, -0.15) is 4.68 Å². The van der Waals surface area contributed by atoms with Crippen LogP contribution in [0.1, 0.15) is 0 Å². The number of amides is 1. The summed E-state index contributed by atoms with van der Waals surface area (Å²) in [5, 5.41) is 8.83. The average molecular weight is 414 g/mol. The summed E-state index contributed by atoms with van der Waals surface area (Å²) in [6.07, 6.45) is 0. The molecule has 1 aromatic carbocycles. The van der Waals surface area contributed by atoms with Gasteiger partial charge < -0.3 is 14.6 Å². The SMILES string of the molecule is O=C(Cn1nc(-c2cccs2)oc1=O)NCCN1CCN(c2ccccc2)CC1. The molecule has 1 fully saturated rings. The molecular formula is C20H23N5O3S. The lowest BCUT2D eigenvalue weighted by molar-refractivity contribution is -0.122. The van der Waals surface area contributed by atoms with E-state index >= 15 is 0 Å². The molecule has 0 bridgehead atoms. The maximum absolute atomic E-state index is 12.2. The van der Waals surface area contributed by atoms with Crippen molar-refractivity contribution in [2.75, 3.05) is 44.2 Å². The van der Waals surface area contributed by atoms with Gasteiger partial charge in [-0.1, -0.05) is 24.3 Å². The highest BCUT2D eigenvalue weighted by Gasteiger charge is 2.17. The number of nitrogens with one attached hydrogen (secondary N) is 1. The molecule has 0 spiro atoms. The molecule has 2 aromatic heterocycles. The van der Waals surface area contributed by atoms with Crippen LogP contribution < -0.4 is 16.0 Å². The summed E-state index contributed by atoms with van der Waals surface area (Å²) in [6.45, 7) is 5.03. The first kappa shape index (κ1) is 19.4. The van der Waals surface area contributed by atoms with Crippen LogP contribution in [-0.4, -0.2) is 59.9 Å². The van der Waals surface area contributed by atoms with Gasteiger partial charge in [0, 0.05) is 45.0 Å². The Labute approximate surface area is 172 Å². The third kappa shape index (κ3) is 4.93. The zero-order chi connectivity index (χ0) is 20.1. The van der Waals surface area contributed by atoms with Crippen molar-refractivity contribution in [3.8, 4) is 10.8 Å². The van der Waals surface area contributed by atoms with E-state index in [1.807, 2.05) is 23.6 Å². The third-order valence-electron chi connectivity index (χ3n) is 4.88. The zero-order valence-corrected chi connectivity index (χ0v) is 16.8. The maximum atomic E-state index is 12.2. The number of hydrogen-bond acceptors (Lipinski definition) is 7. The number of piperazine rings is 1. The van der Waals surface area contributed by atoms with E-state index in [-0.39, 0.29) is 18.3 Å². The Morgan fingerprint density at radius 2 is 1.90 bits per heavy atom. The molecule has 1 amide bonds. The molecule has 0 aliphatic carbocycles. The second kappa shape index (κ2) is 9.06. The predicted octanol–water partition coefficient (Wildman–Crippen LogP) is 1.50. The molecule has 152 valence electrons. The van der Waals surface area contributed by atoms with Crippen LogP contribution >= 0.6 is 11.3 Å². The fourth-order valence-corrected chi connectivity index (χ4v) is 3.96. The molecule has 3 heterocycles. The van der Waals surface area contributed by atoms with Crippen molar-refractivity contribution in [1.29, 1.82) is 0 Å². The van der Waals surface area contributed by atoms with Crippen molar-refractivity contribution in [2.24, 2.45) is 0 Å². The standard InChI is InChI=1S/C20H23N5O3S/c26-18(15-25-20(27)28-19(22-25)17-7-4-14-29-17)21-8-9-23-10-12-24(13-11-23)16-5-2-1-3-6-16/h1-7,14H,8-13,15H2,(H,21,26). The van der Waals surface area contributed by atoms with Gasteiger partial charge in [0.2, 0.25) is 5.91 Å². The van der Waals surface area contributed by atoms with Crippen LogP contribution in [0.4, 0.5) is 5.69 Å². The molecule has 0 saturated carbocycles. The molecule has 0 unspecified atom stereocenters. The number of thiophene rings is 1. The predicted molar refractivity (Wildman–Crippen MR) is 112 cm³/mol. The summed E-state index contributed by atoms with van der Waals surface area (Å²) >= 11 is 1.43. The lowest BCUT2D eigenvalue weighted by Gasteiger charge is -2.36. The van der Waals surface area contributed by atoms with Crippen LogP contribution in [0.5, 0.6) is 0 Å². The summed E-state index contributed by atoms with van der Waals surface area (Å²) < 4.78 is 6.18. The highest BCUT2D eigenvalue weighted by atomic mass is 32.1. The van der Waals surface area contributed by atoms with Crippen molar-refractivity contribution in [2.45, 2.75) is 6.54 Å². The van der Waals surface area contributed by atoms with Gasteiger partial charge in [-0.3, -0.25) is 9.69 Å². The van der Waals surface area contributed by atoms with Gasteiger partial charge in [0.05, 0.1) is 4.88 Å². The van der Waals surface area contributed by atoms with Gasteiger partial charge in [0.25, 0.3) is 5.89 Å². The van der Waals surface area contributed by atoms with E-state index < -0.39 is 5.76 Å². The van der Waals surface area contributed by atoms with E-state index in [0.717, 1.165) is 42.3 Å². The minimum absolute atomic E-state index is 0.143. The van der Waals surface area contributed by atoms with Gasteiger partial charge in [-0.25, -0.2) is 4.79 Å². The minimum Gasteiger partial charge on any atom is -0.387 e. The molecule has 0 radical (unpaired) electrons. The Kier molecular flexibility index (Phi) is 6.06. The van der Waals surface area contributed by atoms with Gasteiger partial charge in [-0.05, 0) is 23.6 Å². The molecular weight excluding hydrogens is 390 g/mol. The van der Waals surface area contributed by atoms with E-state index in [1.165, 1.54) is 17.0 Å². The number of benzene rings is 1. The van der Waals surface area contributed by atoms with Crippen LogP contribution in [-0.2, 0) is 11.3 Å². The van der Waals surface area contributed by atoms with Gasteiger partial charge in [-0.15, -0.1) is 16.4 Å². The van der Waals surface area contributed by atoms with E-state index in [2.05, 4.69) is 44.5 Å². The number of carbonyl (C=O) groups excluding carboxylic acids is 1. The lowest BCUT2D eigenvalue weighted by atomic mass is 10.2. The summed E-state index contributed by atoms with van der Waals surface area (Å²) in [7, 11) is 0. The van der Waals surface area contributed by atoms with E-state index in [9.17, 15) is 9.59 Å². The molecule has 1 aliphatic heterocycles. The lowest BCUT2D eigenvalue weighted by Crippen LogP contribution is -2.48. The number of para-hydroxylation sites is 1. The van der Waals surface area contributed by atoms with Gasteiger partial charge in [0.15, 0.2) is 0 Å². The summed E-state index contributed by atoms with van der Waals surface area (Å²) in [4.78, 5) is 29.5. The van der Waals surface area contributed by atoms with E-state index in [4.69, 9.17) is 4.42 Å². The number of anilines is 1. The normalized spacial score (nSPS) is 14.8. The quantitative estimate of drug-likeness (QED) is 0.632. The van der Waals surface area contributed by atoms with Crippen molar-refractivity contribution in [3.63, 3.8) is 0 Å². The Hall–Kier alpha value is -2.91. The number of nitrogens with zero attached hydrogens (tertiary/aromatic N) is 4. The number of rotatable bonds is 7. The fourth-order valence-electron chi connectivity index (χ4n) is 3.32. The number of hydrogen-bond donors (Lipinski definition) is 1. The average Bonchev–Trinajstić information content (AvgIpc) is 3.40. The largest absolute Gasteiger partial charge is 0.437 e. The molecule has 9 heteroatoms. The van der Waals surface area contributed by atoms with Crippen molar-refractivity contribution in [3.05, 3.63) is 58.4 Å². The Balaban J connectivity index is 1.20. The second-order valence-electron chi connectivity index (χ2n) is 6.82. The van der Waals surface area contributed by atoms with Crippen LogP contribution in [0.3, 0.4) is 0 Å². The minimum atomic E-state index is -0.624. The van der Waals surface area contributed by atoms with Crippen LogP contribution in [0, 0.1) is 0 Å². The number of carbonyl (C=O) groups is 1. The molecule has 1 N–H and O–H groups in total. The van der Waals surface area contributed by atoms with E-state index in [0.29, 0.717) is 6.54 Å². The Morgan fingerprint density at radius 1 is 1.10 bits per heavy atom. The van der Waals surface area contributed by atoms with E-state index in [1.54, 1.807) is 0 Å². The fraction of sp³-hybridized carbons (Fsp3) is 0.350. The molecule has 0 atom stereocenters. The highest BCUT2D eigenvalue weighted by molar-refractivity contribution is 7.13. The summed E-state index contributed by atoms with van der Waals surface area (Å²) in [6, 6.07) is 14.1. The molecule has 8 nitrogen and oxygen atoms in total. The topological polar surface area (TPSA) is 83.6 Å². The van der Waals surface area contributed by atoms with Gasteiger partial charge >= 0.3 is 5.76 Å². The Morgan fingerprint density at radius 3 is 2.62 bits per heavy atom. The molecule has 29 heavy (non-hydrogen) atoms. The molecule has 1 saturated heterocycles. The van der Waals surface area contributed by atoms with Crippen molar-refractivity contribution < 1.29 is 9.21 Å². The summed E-state index contributed by atoms with van der Waals surface area (Å²) in [5.41, 5.74) is 1.25. The highest BCUT2D eigenvalue weighted by Crippen LogP contribution is 2.21. The Bertz CT molecular complexity index is 975.